The van der Waals surface area contributed by atoms with E-state index in [1.807, 2.05) is 31.2 Å². The van der Waals surface area contributed by atoms with Crippen molar-refractivity contribution in [3.8, 4) is 0 Å². The van der Waals surface area contributed by atoms with E-state index >= 15 is 0 Å². The van der Waals surface area contributed by atoms with Gasteiger partial charge in [-0.1, -0.05) is 42.6 Å². The molecule has 0 spiro atoms. The molecule has 4 heteroatoms. The number of carbonyl (C=O) groups is 1. The van der Waals surface area contributed by atoms with Gasteiger partial charge in [0.15, 0.2) is 0 Å². The Labute approximate surface area is 113 Å². The standard InChI is InChI=1S/C14H19ClN2O/c1-10(11-6-2-3-7-12(11)15)17-13(18)14(16)8-4-5-9-14/h2-3,6-7,10H,4-5,8-9,16H2,1H3,(H,17,18)/t10-/m0/s1. The smallest absolute Gasteiger partial charge is 0.240 e. The van der Waals surface area contributed by atoms with Gasteiger partial charge >= 0.3 is 0 Å². The monoisotopic (exact) mass is 266 g/mol. The number of rotatable bonds is 3. The first-order chi connectivity index (χ1) is 8.53. The lowest BCUT2D eigenvalue weighted by molar-refractivity contribution is -0.126. The van der Waals surface area contributed by atoms with Gasteiger partial charge in [-0.3, -0.25) is 4.79 Å². The number of hydrogen-bond acceptors (Lipinski definition) is 2. The van der Waals surface area contributed by atoms with Crippen LogP contribution < -0.4 is 11.1 Å². The second-order valence-corrected chi connectivity index (χ2v) is 5.49. The lowest BCUT2D eigenvalue weighted by Crippen LogP contribution is -2.52. The van der Waals surface area contributed by atoms with Crippen LogP contribution in [0.1, 0.15) is 44.2 Å². The second-order valence-electron chi connectivity index (χ2n) is 5.08. The molecule has 0 saturated heterocycles. The highest BCUT2D eigenvalue weighted by Gasteiger charge is 2.37. The maximum absolute atomic E-state index is 12.2. The van der Waals surface area contributed by atoms with Crippen LogP contribution in [0.4, 0.5) is 0 Å². The van der Waals surface area contributed by atoms with Gasteiger partial charge in [0, 0.05) is 5.02 Å². The fourth-order valence-corrected chi connectivity index (χ4v) is 2.78. The quantitative estimate of drug-likeness (QED) is 0.884. The van der Waals surface area contributed by atoms with E-state index in [1.165, 1.54) is 0 Å². The third-order valence-corrected chi connectivity index (χ3v) is 4.01. The van der Waals surface area contributed by atoms with E-state index in [1.54, 1.807) is 0 Å². The zero-order chi connectivity index (χ0) is 13.2. The van der Waals surface area contributed by atoms with Crippen LogP contribution in [-0.4, -0.2) is 11.4 Å². The molecule has 0 bridgehead atoms. The third-order valence-electron chi connectivity index (χ3n) is 3.67. The molecule has 1 aromatic rings. The van der Waals surface area contributed by atoms with Crippen molar-refractivity contribution < 1.29 is 4.79 Å². The summed E-state index contributed by atoms with van der Waals surface area (Å²) in [6.07, 6.45) is 3.61. The second kappa shape index (κ2) is 5.29. The van der Waals surface area contributed by atoms with Gasteiger partial charge in [-0.15, -0.1) is 0 Å². The highest BCUT2D eigenvalue weighted by molar-refractivity contribution is 6.31. The van der Waals surface area contributed by atoms with E-state index in [4.69, 9.17) is 17.3 Å². The molecule has 0 heterocycles. The Morgan fingerprint density at radius 2 is 2.00 bits per heavy atom. The molecule has 18 heavy (non-hydrogen) atoms. The summed E-state index contributed by atoms with van der Waals surface area (Å²) in [5, 5.41) is 3.64. The fraction of sp³-hybridized carbons (Fsp3) is 0.500. The minimum Gasteiger partial charge on any atom is -0.348 e. The normalized spacial score (nSPS) is 19.5. The van der Waals surface area contributed by atoms with Crippen LogP contribution in [0.2, 0.25) is 5.02 Å². The van der Waals surface area contributed by atoms with Crippen molar-refractivity contribution in [3.63, 3.8) is 0 Å². The Kier molecular flexibility index (Phi) is 3.93. The maximum Gasteiger partial charge on any atom is 0.240 e. The highest BCUT2D eigenvalue weighted by Crippen LogP contribution is 2.29. The van der Waals surface area contributed by atoms with Gasteiger partial charge in [0.1, 0.15) is 0 Å². The number of hydrogen-bond donors (Lipinski definition) is 2. The molecule has 1 aromatic carbocycles. The van der Waals surface area contributed by atoms with Crippen molar-refractivity contribution in [3.05, 3.63) is 34.9 Å². The highest BCUT2D eigenvalue weighted by atomic mass is 35.5. The summed E-state index contributed by atoms with van der Waals surface area (Å²) in [4.78, 5) is 12.2. The van der Waals surface area contributed by atoms with E-state index < -0.39 is 5.54 Å². The molecule has 0 aromatic heterocycles. The molecule has 1 amide bonds. The topological polar surface area (TPSA) is 55.1 Å². The van der Waals surface area contributed by atoms with Crippen LogP contribution in [0.5, 0.6) is 0 Å². The molecule has 3 nitrogen and oxygen atoms in total. The number of benzene rings is 1. The average Bonchev–Trinajstić information content (AvgIpc) is 2.78. The number of amides is 1. The van der Waals surface area contributed by atoms with Gasteiger partial charge in [0.25, 0.3) is 0 Å². The Balaban J connectivity index is 2.06. The van der Waals surface area contributed by atoms with Crippen molar-refractivity contribution in [1.82, 2.24) is 5.32 Å². The molecule has 1 aliphatic rings. The SMILES string of the molecule is C[C@H](NC(=O)C1(N)CCCC1)c1ccccc1Cl. The van der Waals surface area contributed by atoms with Crippen molar-refractivity contribution >= 4 is 17.5 Å². The first kappa shape index (κ1) is 13.4. The Bertz CT molecular complexity index is 441. The number of nitrogens with one attached hydrogen (secondary N) is 1. The summed E-state index contributed by atoms with van der Waals surface area (Å²) in [6, 6.07) is 7.42. The van der Waals surface area contributed by atoms with E-state index in [2.05, 4.69) is 5.32 Å². The summed E-state index contributed by atoms with van der Waals surface area (Å²) < 4.78 is 0. The molecular weight excluding hydrogens is 248 g/mol. The first-order valence-corrected chi connectivity index (χ1v) is 6.75. The molecule has 98 valence electrons. The third kappa shape index (κ3) is 2.68. The van der Waals surface area contributed by atoms with Crippen molar-refractivity contribution in [1.29, 1.82) is 0 Å². The van der Waals surface area contributed by atoms with Crippen LogP contribution >= 0.6 is 11.6 Å². The van der Waals surface area contributed by atoms with Crippen LogP contribution in [0.3, 0.4) is 0 Å². The average molecular weight is 267 g/mol. The summed E-state index contributed by atoms with van der Waals surface area (Å²) in [5.41, 5.74) is 6.36. The van der Waals surface area contributed by atoms with Gasteiger partial charge in [0.05, 0.1) is 11.6 Å². The molecule has 1 saturated carbocycles. The minimum absolute atomic E-state index is 0.0626. The van der Waals surface area contributed by atoms with Crippen LogP contribution in [0.15, 0.2) is 24.3 Å². The van der Waals surface area contributed by atoms with Crippen LogP contribution in [0, 0.1) is 0 Å². The maximum atomic E-state index is 12.2. The molecule has 1 fully saturated rings. The Morgan fingerprint density at radius 3 is 2.61 bits per heavy atom. The molecule has 0 radical (unpaired) electrons. The van der Waals surface area contributed by atoms with Gasteiger partial charge in [0.2, 0.25) is 5.91 Å². The van der Waals surface area contributed by atoms with Crippen LogP contribution in [0.25, 0.3) is 0 Å². The lowest BCUT2D eigenvalue weighted by Gasteiger charge is -2.25. The Hall–Kier alpha value is -1.06. The van der Waals surface area contributed by atoms with Gasteiger partial charge in [-0.05, 0) is 31.4 Å². The number of carbonyl (C=O) groups excluding carboxylic acids is 1. The van der Waals surface area contributed by atoms with E-state index in [9.17, 15) is 4.79 Å². The fourth-order valence-electron chi connectivity index (χ4n) is 2.48. The molecule has 0 aliphatic heterocycles. The number of halogens is 1. The minimum atomic E-state index is -0.685. The van der Waals surface area contributed by atoms with E-state index in [0.717, 1.165) is 31.2 Å². The first-order valence-electron chi connectivity index (χ1n) is 6.37. The van der Waals surface area contributed by atoms with E-state index in [0.29, 0.717) is 5.02 Å². The molecular formula is C14H19ClN2O. The predicted molar refractivity (Wildman–Crippen MR) is 73.4 cm³/mol. The van der Waals surface area contributed by atoms with Crippen molar-refractivity contribution in [2.24, 2.45) is 5.73 Å². The predicted octanol–water partition coefficient (Wildman–Crippen LogP) is 2.79. The molecule has 2 rings (SSSR count). The molecule has 1 atom stereocenters. The molecule has 3 N–H and O–H groups in total. The summed E-state index contributed by atoms with van der Waals surface area (Å²) >= 11 is 6.11. The van der Waals surface area contributed by atoms with Crippen molar-refractivity contribution in [2.75, 3.05) is 0 Å². The van der Waals surface area contributed by atoms with Gasteiger partial charge in [-0.2, -0.15) is 0 Å². The molecule has 1 aliphatic carbocycles. The number of nitrogens with two attached hydrogens (primary N) is 1. The summed E-state index contributed by atoms with van der Waals surface area (Å²) in [6.45, 7) is 1.93. The zero-order valence-electron chi connectivity index (χ0n) is 10.6. The van der Waals surface area contributed by atoms with Crippen molar-refractivity contribution in [2.45, 2.75) is 44.2 Å². The lowest BCUT2D eigenvalue weighted by atomic mass is 9.97. The Morgan fingerprint density at radius 1 is 1.39 bits per heavy atom. The van der Waals surface area contributed by atoms with E-state index in [-0.39, 0.29) is 11.9 Å². The molecule has 0 unspecified atom stereocenters. The summed E-state index contributed by atoms with van der Waals surface area (Å²) in [7, 11) is 0. The zero-order valence-corrected chi connectivity index (χ0v) is 11.3. The summed E-state index contributed by atoms with van der Waals surface area (Å²) in [5.74, 6) is -0.0626. The van der Waals surface area contributed by atoms with Crippen LogP contribution in [-0.2, 0) is 4.79 Å². The largest absolute Gasteiger partial charge is 0.348 e. The van der Waals surface area contributed by atoms with Gasteiger partial charge < -0.3 is 11.1 Å². The van der Waals surface area contributed by atoms with Gasteiger partial charge in [-0.25, -0.2) is 0 Å².